The van der Waals surface area contributed by atoms with Crippen molar-refractivity contribution in [1.29, 1.82) is 0 Å². The largest absolute Gasteiger partial charge is 0.462 e. The molecule has 0 aromatic carbocycles. The van der Waals surface area contributed by atoms with Gasteiger partial charge in [0.25, 0.3) is 0 Å². The van der Waals surface area contributed by atoms with E-state index in [2.05, 4.69) is 41.8 Å². The standard InChI is InChI=1S/C17H19ClN4OS/c1-17(2,3)12-9-23-13-8-20-10(6-11(12)13)4-5-24-16-21-14(18)7-15(19)22-16/h6-9H,4-5H2,1-3H3,(H2,19,21,22). The number of aryl methyl sites for hydroxylation is 1. The van der Waals surface area contributed by atoms with Crippen LogP contribution in [-0.4, -0.2) is 20.7 Å². The highest BCUT2D eigenvalue weighted by molar-refractivity contribution is 7.99. The maximum absolute atomic E-state index is 5.89. The summed E-state index contributed by atoms with van der Waals surface area (Å²) in [4.78, 5) is 12.8. The van der Waals surface area contributed by atoms with Crippen LogP contribution in [0.15, 0.2) is 34.2 Å². The van der Waals surface area contributed by atoms with Crippen LogP contribution in [0.5, 0.6) is 0 Å². The summed E-state index contributed by atoms with van der Waals surface area (Å²) >= 11 is 7.40. The van der Waals surface area contributed by atoms with E-state index < -0.39 is 0 Å². The molecule has 0 aliphatic rings. The molecule has 2 N–H and O–H groups in total. The lowest BCUT2D eigenvalue weighted by Gasteiger charge is -2.16. The highest BCUT2D eigenvalue weighted by Gasteiger charge is 2.20. The van der Waals surface area contributed by atoms with Crippen LogP contribution in [0.25, 0.3) is 11.0 Å². The highest BCUT2D eigenvalue weighted by atomic mass is 35.5. The van der Waals surface area contributed by atoms with E-state index >= 15 is 0 Å². The molecule has 0 saturated heterocycles. The first-order valence-electron chi connectivity index (χ1n) is 7.62. The zero-order valence-corrected chi connectivity index (χ0v) is 15.4. The van der Waals surface area contributed by atoms with Crippen LogP contribution in [-0.2, 0) is 11.8 Å². The molecular formula is C17H19ClN4OS. The Hall–Kier alpha value is -1.79. The molecule has 7 heteroatoms. The van der Waals surface area contributed by atoms with Crippen LogP contribution in [0.1, 0.15) is 32.0 Å². The fourth-order valence-corrected chi connectivity index (χ4v) is 3.49. The molecule has 3 aromatic heterocycles. The number of pyridine rings is 1. The third kappa shape index (κ3) is 3.82. The average molecular weight is 363 g/mol. The second kappa shape index (κ2) is 6.61. The predicted octanol–water partition coefficient (Wildman–Crippen LogP) is 4.49. The van der Waals surface area contributed by atoms with Crippen molar-refractivity contribution in [2.75, 3.05) is 11.5 Å². The van der Waals surface area contributed by atoms with Gasteiger partial charge in [-0.1, -0.05) is 44.1 Å². The molecular weight excluding hydrogens is 344 g/mol. The van der Waals surface area contributed by atoms with Gasteiger partial charge in [-0.2, -0.15) is 0 Å². The van der Waals surface area contributed by atoms with Gasteiger partial charge in [0.1, 0.15) is 11.0 Å². The van der Waals surface area contributed by atoms with Gasteiger partial charge in [0.15, 0.2) is 10.7 Å². The van der Waals surface area contributed by atoms with Crippen LogP contribution >= 0.6 is 23.4 Å². The van der Waals surface area contributed by atoms with Crippen molar-refractivity contribution in [3.05, 3.63) is 41.0 Å². The third-order valence-electron chi connectivity index (χ3n) is 3.61. The molecule has 126 valence electrons. The molecule has 0 fully saturated rings. The third-order valence-corrected chi connectivity index (χ3v) is 4.65. The molecule has 3 heterocycles. The summed E-state index contributed by atoms with van der Waals surface area (Å²) in [7, 11) is 0. The van der Waals surface area contributed by atoms with Crippen molar-refractivity contribution in [2.45, 2.75) is 37.8 Å². The van der Waals surface area contributed by atoms with E-state index in [0.717, 1.165) is 28.8 Å². The molecule has 24 heavy (non-hydrogen) atoms. The normalized spacial score (nSPS) is 12.0. The minimum absolute atomic E-state index is 0.0325. The molecule has 0 aliphatic heterocycles. The average Bonchev–Trinajstić information content (AvgIpc) is 2.89. The number of thioether (sulfide) groups is 1. The first kappa shape index (κ1) is 17.0. The van der Waals surface area contributed by atoms with Gasteiger partial charge in [0.2, 0.25) is 0 Å². The second-order valence-electron chi connectivity index (χ2n) is 6.57. The van der Waals surface area contributed by atoms with E-state index in [-0.39, 0.29) is 5.41 Å². The molecule has 0 amide bonds. The number of aromatic nitrogens is 3. The maximum atomic E-state index is 5.89. The van der Waals surface area contributed by atoms with Crippen molar-refractivity contribution < 1.29 is 4.42 Å². The predicted molar refractivity (Wildman–Crippen MR) is 98.6 cm³/mol. The minimum Gasteiger partial charge on any atom is -0.462 e. The van der Waals surface area contributed by atoms with Crippen molar-refractivity contribution in [2.24, 2.45) is 0 Å². The zero-order valence-electron chi connectivity index (χ0n) is 13.8. The number of nitrogen functional groups attached to an aromatic ring is 1. The molecule has 5 nitrogen and oxygen atoms in total. The number of rotatable bonds is 4. The van der Waals surface area contributed by atoms with Crippen molar-refractivity contribution in [3.8, 4) is 0 Å². The summed E-state index contributed by atoms with van der Waals surface area (Å²) in [5, 5.41) is 2.07. The molecule has 0 bridgehead atoms. The topological polar surface area (TPSA) is 77.8 Å². The number of anilines is 1. The number of hydrogen-bond acceptors (Lipinski definition) is 6. The lowest BCUT2D eigenvalue weighted by molar-refractivity contribution is 0.557. The summed E-state index contributed by atoms with van der Waals surface area (Å²) in [5.41, 5.74) is 8.74. The number of fused-ring (bicyclic) bond motifs is 1. The Morgan fingerprint density at radius 2 is 2.04 bits per heavy atom. The molecule has 0 radical (unpaired) electrons. The highest BCUT2D eigenvalue weighted by Crippen LogP contribution is 2.31. The van der Waals surface area contributed by atoms with E-state index in [1.54, 1.807) is 6.20 Å². The quantitative estimate of drug-likeness (QED) is 0.418. The summed E-state index contributed by atoms with van der Waals surface area (Å²) in [6.45, 7) is 6.52. The number of furan rings is 1. The molecule has 0 atom stereocenters. The van der Waals surface area contributed by atoms with Crippen molar-refractivity contribution in [3.63, 3.8) is 0 Å². The molecule has 0 unspecified atom stereocenters. The number of nitrogens with two attached hydrogens (primary N) is 1. The summed E-state index contributed by atoms with van der Waals surface area (Å²) in [5.74, 6) is 1.17. The van der Waals surface area contributed by atoms with Crippen LogP contribution in [0.3, 0.4) is 0 Å². The summed E-state index contributed by atoms with van der Waals surface area (Å²) in [6.07, 6.45) is 4.41. The van der Waals surface area contributed by atoms with Gasteiger partial charge in [-0.25, -0.2) is 9.97 Å². The van der Waals surface area contributed by atoms with Crippen molar-refractivity contribution in [1.82, 2.24) is 15.0 Å². The SMILES string of the molecule is CC(C)(C)c1coc2cnc(CCSc3nc(N)cc(Cl)n3)cc12. The summed E-state index contributed by atoms with van der Waals surface area (Å²) < 4.78 is 5.61. The van der Waals surface area contributed by atoms with Gasteiger partial charge in [0.05, 0.1) is 12.5 Å². The molecule has 0 saturated carbocycles. The monoisotopic (exact) mass is 362 g/mol. The number of nitrogens with zero attached hydrogens (tertiary/aromatic N) is 3. The first-order chi connectivity index (χ1) is 11.3. The van der Waals surface area contributed by atoms with E-state index in [4.69, 9.17) is 21.8 Å². The van der Waals surface area contributed by atoms with Crippen LogP contribution in [0.4, 0.5) is 5.82 Å². The van der Waals surface area contributed by atoms with Crippen molar-refractivity contribution >= 4 is 40.1 Å². The van der Waals surface area contributed by atoms with Gasteiger partial charge < -0.3 is 10.2 Å². The van der Waals surface area contributed by atoms with Crippen LogP contribution in [0.2, 0.25) is 5.15 Å². The lowest BCUT2D eigenvalue weighted by Crippen LogP contribution is -2.10. The fourth-order valence-electron chi connectivity index (χ4n) is 2.42. The Morgan fingerprint density at radius 3 is 2.75 bits per heavy atom. The maximum Gasteiger partial charge on any atom is 0.190 e. The molecule has 0 spiro atoms. The fraction of sp³-hybridized carbons (Fsp3) is 0.353. The Labute approximate surface area is 150 Å². The Morgan fingerprint density at radius 1 is 1.25 bits per heavy atom. The molecule has 0 aliphatic carbocycles. The van der Waals surface area contributed by atoms with Gasteiger partial charge in [-0.05, 0) is 17.9 Å². The van der Waals surface area contributed by atoms with E-state index in [1.807, 2.05) is 6.26 Å². The van der Waals surface area contributed by atoms with Gasteiger partial charge in [-0.15, -0.1) is 0 Å². The van der Waals surface area contributed by atoms with Gasteiger partial charge in [-0.3, -0.25) is 4.98 Å². The van der Waals surface area contributed by atoms with Crippen LogP contribution < -0.4 is 5.73 Å². The van der Waals surface area contributed by atoms with E-state index in [9.17, 15) is 0 Å². The Bertz CT molecular complexity index is 852. The smallest absolute Gasteiger partial charge is 0.190 e. The van der Waals surface area contributed by atoms with Crippen LogP contribution in [0, 0.1) is 0 Å². The zero-order chi connectivity index (χ0) is 17.3. The minimum atomic E-state index is 0.0325. The van der Waals surface area contributed by atoms with Gasteiger partial charge >= 0.3 is 0 Å². The number of hydrogen-bond donors (Lipinski definition) is 1. The second-order valence-corrected chi connectivity index (χ2v) is 8.02. The molecule has 3 rings (SSSR count). The van der Waals surface area contributed by atoms with E-state index in [0.29, 0.717) is 16.1 Å². The summed E-state index contributed by atoms with van der Waals surface area (Å²) in [6, 6.07) is 3.64. The Balaban J connectivity index is 1.73. The molecule has 3 aromatic rings. The Kier molecular flexibility index (Phi) is 4.69. The number of halogens is 1. The first-order valence-corrected chi connectivity index (χ1v) is 8.99. The van der Waals surface area contributed by atoms with Gasteiger partial charge in [0, 0.05) is 28.5 Å². The van der Waals surface area contributed by atoms with E-state index in [1.165, 1.54) is 23.4 Å². The lowest BCUT2D eigenvalue weighted by atomic mass is 9.87.